The van der Waals surface area contributed by atoms with Gasteiger partial charge in [0.1, 0.15) is 18.4 Å². The highest BCUT2D eigenvalue weighted by Crippen LogP contribution is 2.26. The zero-order valence-corrected chi connectivity index (χ0v) is 20.7. The maximum Gasteiger partial charge on any atom is 0.328 e. The molecule has 0 spiro atoms. The van der Waals surface area contributed by atoms with E-state index in [0.717, 1.165) is 22.8 Å². The molecule has 0 unspecified atom stereocenters. The van der Waals surface area contributed by atoms with Crippen molar-refractivity contribution in [1.82, 2.24) is 10.6 Å². The minimum Gasteiger partial charge on any atom is -0.489 e. The van der Waals surface area contributed by atoms with Gasteiger partial charge in [0.25, 0.3) is 0 Å². The van der Waals surface area contributed by atoms with Crippen molar-refractivity contribution in [2.45, 2.75) is 25.1 Å². The van der Waals surface area contributed by atoms with Crippen LogP contribution in [0.3, 0.4) is 0 Å². The molecule has 10 heteroatoms. The Kier molecular flexibility index (Phi) is 10.7. The van der Waals surface area contributed by atoms with E-state index in [1.54, 1.807) is 30.0 Å². The van der Waals surface area contributed by atoms with E-state index in [1.165, 1.54) is 7.11 Å². The summed E-state index contributed by atoms with van der Waals surface area (Å²) in [6.45, 7) is 0.269. The van der Waals surface area contributed by atoms with Crippen LogP contribution in [0.25, 0.3) is 0 Å². The predicted molar refractivity (Wildman–Crippen MR) is 134 cm³/mol. The summed E-state index contributed by atoms with van der Waals surface area (Å²) >= 11 is 19.6. The molecular formula is C21H23Cl3N2O3S2. The number of ether oxygens (including phenoxy) is 2. The van der Waals surface area contributed by atoms with Crippen LogP contribution in [0.15, 0.2) is 42.5 Å². The van der Waals surface area contributed by atoms with Gasteiger partial charge in [-0.2, -0.15) is 0 Å². The monoisotopic (exact) mass is 520 g/mol. The lowest BCUT2D eigenvalue weighted by Crippen LogP contribution is -2.49. The first-order valence-corrected chi connectivity index (χ1v) is 11.6. The molecule has 3 rings (SSSR count). The van der Waals surface area contributed by atoms with E-state index in [2.05, 4.69) is 10.6 Å². The summed E-state index contributed by atoms with van der Waals surface area (Å²) in [4.78, 5) is 12.9. The molecule has 2 aromatic carbocycles. The Morgan fingerprint density at radius 2 is 1.94 bits per heavy atom. The van der Waals surface area contributed by atoms with Crippen LogP contribution in [0.1, 0.15) is 11.1 Å². The summed E-state index contributed by atoms with van der Waals surface area (Å²) < 4.78 is 10.8. The minimum atomic E-state index is -0.552. The van der Waals surface area contributed by atoms with Gasteiger partial charge in [-0.25, -0.2) is 4.79 Å². The zero-order chi connectivity index (χ0) is 21.5. The molecule has 0 aliphatic carbocycles. The van der Waals surface area contributed by atoms with Crippen LogP contribution >= 0.6 is 59.6 Å². The van der Waals surface area contributed by atoms with E-state index in [9.17, 15) is 4.79 Å². The van der Waals surface area contributed by atoms with Crippen LogP contribution < -0.4 is 15.4 Å². The normalized spacial score (nSPS) is 16.2. The smallest absolute Gasteiger partial charge is 0.328 e. The Bertz CT molecular complexity index is 874. The second kappa shape index (κ2) is 12.7. The number of hydrogen-bond donors (Lipinski definition) is 2. The van der Waals surface area contributed by atoms with Gasteiger partial charge in [0.2, 0.25) is 0 Å². The van der Waals surface area contributed by atoms with E-state index in [4.69, 9.17) is 44.9 Å². The predicted octanol–water partition coefficient (Wildman–Crippen LogP) is 4.66. The van der Waals surface area contributed by atoms with E-state index < -0.39 is 6.04 Å². The molecule has 1 saturated heterocycles. The van der Waals surface area contributed by atoms with E-state index in [-0.39, 0.29) is 31.0 Å². The van der Waals surface area contributed by atoms with Crippen LogP contribution in [-0.4, -0.2) is 41.8 Å². The zero-order valence-electron chi connectivity index (χ0n) is 16.7. The first-order chi connectivity index (χ1) is 14.5. The van der Waals surface area contributed by atoms with E-state index >= 15 is 0 Å². The first-order valence-electron chi connectivity index (χ1n) is 9.32. The molecule has 2 N–H and O–H groups in total. The number of thiocarbonyl (C=S) groups is 1. The second-order valence-electron chi connectivity index (χ2n) is 6.69. The van der Waals surface area contributed by atoms with Gasteiger partial charge in [-0.1, -0.05) is 53.6 Å². The number of benzene rings is 2. The molecule has 1 aliphatic rings. The topological polar surface area (TPSA) is 59.6 Å². The Hall–Kier alpha value is -1.22. The lowest BCUT2D eigenvalue weighted by molar-refractivity contribution is -0.142. The summed E-state index contributed by atoms with van der Waals surface area (Å²) in [6, 6.07) is 12.4. The molecule has 168 valence electrons. The van der Waals surface area contributed by atoms with Crippen molar-refractivity contribution in [3.63, 3.8) is 0 Å². The average molecular weight is 522 g/mol. The fourth-order valence-corrected chi connectivity index (χ4v) is 4.83. The standard InChI is InChI=1S/C21H22Cl2N2O3S2.ClH/c1-27-21(26)18(25-20(29)19-11-30-12-24-19)9-13-5-7-14(8-6-13)28-10-15-16(22)3-2-4-17(15)23;/h2-8,18-19,24H,9-12H2,1H3,(H,25,29);1H/t18-,19+;/m1./s1. The number of nitrogens with one attached hydrogen (secondary N) is 2. The highest BCUT2D eigenvalue weighted by atomic mass is 35.5. The average Bonchev–Trinajstić information content (AvgIpc) is 3.28. The fourth-order valence-electron chi connectivity index (χ4n) is 2.95. The lowest BCUT2D eigenvalue weighted by Gasteiger charge is -2.21. The molecule has 5 nitrogen and oxygen atoms in total. The number of carbonyl (C=O) groups excluding carboxylic acids is 1. The molecule has 31 heavy (non-hydrogen) atoms. The second-order valence-corrected chi connectivity index (χ2v) is 8.98. The Balaban J connectivity index is 0.00000341. The summed E-state index contributed by atoms with van der Waals surface area (Å²) in [5.41, 5.74) is 1.70. The molecule has 0 amide bonds. The third-order valence-electron chi connectivity index (χ3n) is 4.64. The lowest BCUT2D eigenvalue weighted by atomic mass is 10.1. The third-order valence-corrected chi connectivity index (χ3v) is 6.69. The number of methoxy groups -OCH3 is 1. The molecule has 0 radical (unpaired) electrons. The number of hydrogen-bond acceptors (Lipinski definition) is 6. The molecule has 1 heterocycles. The van der Waals surface area contributed by atoms with Crippen molar-refractivity contribution in [1.29, 1.82) is 0 Å². The van der Waals surface area contributed by atoms with Crippen molar-refractivity contribution >= 4 is 70.5 Å². The minimum absolute atomic E-state index is 0. The molecule has 0 bridgehead atoms. The molecule has 0 aromatic heterocycles. The van der Waals surface area contributed by atoms with Crippen molar-refractivity contribution < 1.29 is 14.3 Å². The number of esters is 1. The first kappa shape index (κ1) is 26.0. The van der Waals surface area contributed by atoms with Gasteiger partial charge < -0.3 is 14.8 Å². The van der Waals surface area contributed by atoms with Crippen LogP contribution in [0.5, 0.6) is 5.75 Å². The SMILES string of the molecule is COC(=O)[C@@H](Cc1ccc(OCc2c(Cl)cccc2Cl)cc1)NC(=S)[C@@H]1CSCN1.Cl. The van der Waals surface area contributed by atoms with E-state index in [0.29, 0.717) is 27.2 Å². The maximum absolute atomic E-state index is 12.2. The van der Waals surface area contributed by atoms with Crippen molar-refractivity contribution in [2.24, 2.45) is 0 Å². The van der Waals surface area contributed by atoms with E-state index in [1.807, 2.05) is 24.3 Å². The van der Waals surface area contributed by atoms with Gasteiger partial charge in [0.15, 0.2) is 0 Å². The number of thioether (sulfide) groups is 1. The quantitative estimate of drug-likeness (QED) is 0.387. The van der Waals surface area contributed by atoms with Crippen molar-refractivity contribution in [3.8, 4) is 5.75 Å². The van der Waals surface area contributed by atoms with Crippen LogP contribution in [-0.2, 0) is 22.6 Å². The van der Waals surface area contributed by atoms with Gasteiger partial charge in [-0.05, 0) is 29.8 Å². The largest absolute Gasteiger partial charge is 0.489 e. The van der Waals surface area contributed by atoms with Crippen LogP contribution in [0.2, 0.25) is 10.0 Å². The molecule has 1 fully saturated rings. The Morgan fingerprint density at radius 3 is 2.52 bits per heavy atom. The summed E-state index contributed by atoms with van der Waals surface area (Å²) in [5.74, 6) is 2.08. The molecule has 2 atom stereocenters. The maximum atomic E-state index is 12.2. The summed E-state index contributed by atoms with van der Waals surface area (Å²) in [5, 5.41) is 7.58. The van der Waals surface area contributed by atoms with Crippen LogP contribution in [0, 0.1) is 0 Å². The highest BCUT2D eigenvalue weighted by molar-refractivity contribution is 7.99. The highest BCUT2D eigenvalue weighted by Gasteiger charge is 2.25. The van der Waals surface area contributed by atoms with Gasteiger partial charge in [-0.15, -0.1) is 24.2 Å². The number of halogens is 3. The molecule has 0 saturated carbocycles. The molecule has 2 aromatic rings. The summed E-state index contributed by atoms with van der Waals surface area (Å²) in [6.07, 6.45) is 0.448. The Labute approximate surface area is 207 Å². The third kappa shape index (κ3) is 7.41. The van der Waals surface area contributed by atoms with Gasteiger partial charge in [0, 0.05) is 33.7 Å². The summed E-state index contributed by atoms with van der Waals surface area (Å²) in [7, 11) is 1.38. The number of carbonyl (C=O) groups is 1. The van der Waals surface area contributed by atoms with Gasteiger partial charge in [-0.3, -0.25) is 5.32 Å². The fraction of sp³-hybridized carbons (Fsp3) is 0.333. The Morgan fingerprint density at radius 1 is 1.26 bits per heavy atom. The molecule has 1 aliphatic heterocycles. The van der Waals surface area contributed by atoms with Crippen molar-refractivity contribution in [2.75, 3.05) is 18.7 Å². The van der Waals surface area contributed by atoms with Gasteiger partial charge in [0.05, 0.1) is 18.1 Å². The van der Waals surface area contributed by atoms with Crippen LogP contribution in [0.4, 0.5) is 0 Å². The molecular weight excluding hydrogens is 499 g/mol. The number of rotatable bonds is 8. The van der Waals surface area contributed by atoms with Crippen molar-refractivity contribution in [3.05, 3.63) is 63.6 Å². The van der Waals surface area contributed by atoms with Gasteiger partial charge >= 0.3 is 5.97 Å².